The average Bonchev–Trinajstić information content (AvgIpc) is 2.70. The summed E-state index contributed by atoms with van der Waals surface area (Å²) >= 11 is 0. The van der Waals surface area contributed by atoms with Gasteiger partial charge in [0, 0.05) is 11.8 Å². The molecule has 2 nitrogen and oxygen atoms in total. The van der Waals surface area contributed by atoms with Crippen LogP contribution in [-0.4, -0.2) is 9.97 Å². The second-order valence-corrected chi connectivity index (χ2v) is 5.99. The molecular weight excluding hydrogens is 304 g/mol. The maximum Gasteiger partial charge on any atom is 0.0893 e. The first kappa shape index (κ1) is 15.3. The molecular formula is C23H18N2. The Balaban J connectivity index is 1.65. The van der Waals surface area contributed by atoms with Crippen LogP contribution in [0.4, 0.5) is 0 Å². The second-order valence-electron chi connectivity index (χ2n) is 5.99. The van der Waals surface area contributed by atoms with Crippen molar-refractivity contribution in [3.8, 4) is 22.6 Å². The lowest BCUT2D eigenvalue weighted by Gasteiger charge is -2.07. The Hall–Kier alpha value is -3.26. The standard InChI is InChI=1S/C23H18N2/c1-2-8-18(9-3-1)16-19-10-6-11-20(17-19)21-13-7-14-23(25-21)22-12-4-5-15-24-22/h1-15,17H,16H2. The van der Waals surface area contributed by atoms with E-state index in [1.54, 1.807) is 6.20 Å². The van der Waals surface area contributed by atoms with Crippen molar-refractivity contribution in [3.05, 3.63) is 108 Å². The van der Waals surface area contributed by atoms with Crippen LogP contribution in [0, 0.1) is 0 Å². The largest absolute Gasteiger partial charge is 0.255 e. The molecule has 0 amide bonds. The van der Waals surface area contributed by atoms with E-state index in [1.807, 2.05) is 42.5 Å². The number of hydrogen-bond acceptors (Lipinski definition) is 2. The molecule has 0 saturated heterocycles. The van der Waals surface area contributed by atoms with Crippen molar-refractivity contribution in [2.24, 2.45) is 0 Å². The van der Waals surface area contributed by atoms with Crippen molar-refractivity contribution in [2.45, 2.75) is 6.42 Å². The molecule has 2 aromatic heterocycles. The predicted molar refractivity (Wildman–Crippen MR) is 102 cm³/mol. The summed E-state index contributed by atoms with van der Waals surface area (Å²) < 4.78 is 0. The number of hydrogen-bond donors (Lipinski definition) is 0. The van der Waals surface area contributed by atoms with Gasteiger partial charge in [-0.2, -0.15) is 0 Å². The Labute approximate surface area is 147 Å². The van der Waals surface area contributed by atoms with Gasteiger partial charge in [0.1, 0.15) is 0 Å². The molecule has 0 aliphatic rings. The molecule has 0 atom stereocenters. The first-order valence-electron chi connectivity index (χ1n) is 8.40. The van der Waals surface area contributed by atoms with Gasteiger partial charge < -0.3 is 0 Å². The highest BCUT2D eigenvalue weighted by Gasteiger charge is 2.05. The Morgan fingerprint density at radius 2 is 1.28 bits per heavy atom. The van der Waals surface area contributed by atoms with Crippen molar-refractivity contribution >= 4 is 0 Å². The summed E-state index contributed by atoms with van der Waals surface area (Å²) in [7, 11) is 0. The smallest absolute Gasteiger partial charge is 0.0893 e. The predicted octanol–water partition coefficient (Wildman–Crippen LogP) is 5.40. The number of pyridine rings is 2. The summed E-state index contributed by atoms with van der Waals surface area (Å²) in [4.78, 5) is 9.19. The van der Waals surface area contributed by atoms with Gasteiger partial charge in [-0.05, 0) is 47.9 Å². The number of aromatic nitrogens is 2. The Kier molecular flexibility index (Phi) is 4.34. The molecule has 0 radical (unpaired) electrons. The van der Waals surface area contributed by atoms with Crippen molar-refractivity contribution in [1.29, 1.82) is 0 Å². The van der Waals surface area contributed by atoms with Gasteiger partial charge in [-0.1, -0.05) is 60.7 Å². The Bertz CT molecular complexity index is 963. The van der Waals surface area contributed by atoms with Crippen LogP contribution >= 0.6 is 0 Å². The molecule has 25 heavy (non-hydrogen) atoms. The molecule has 0 spiro atoms. The van der Waals surface area contributed by atoms with Gasteiger partial charge in [0.25, 0.3) is 0 Å². The monoisotopic (exact) mass is 322 g/mol. The highest BCUT2D eigenvalue weighted by Crippen LogP contribution is 2.23. The quantitative estimate of drug-likeness (QED) is 0.502. The van der Waals surface area contributed by atoms with E-state index in [0.717, 1.165) is 29.1 Å². The zero-order valence-corrected chi connectivity index (χ0v) is 13.8. The molecule has 0 bridgehead atoms. The highest BCUT2D eigenvalue weighted by atomic mass is 14.8. The molecule has 0 saturated carbocycles. The summed E-state index contributed by atoms with van der Waals surface area (Å²) in [5.41, 5.74) is 6.49. The first-order chi connectivity index (χ1) is 12.4. The summed E-state index contributed by atoms with van der Waals surface area (Å²) in [6.45, 7) is 0. The van der Waals surface area contributed by atoms with Crippen molar-refractivity contribution in [2.75, 3.05) is 0 Å². The van der Waals surface area contributed by atoms with E-state index in [2.05, 4.69) is 53.5 Å². The van der Waals surface area contributed by atoms with Crippen LogP contribution in [-0.2, 0) is 6.42 Å². The highest BCUT2D eigenvalue weighted by molar-refractivity contribution is 5.64. The third-order valence-electron chi connectivity index (χ3n) is 4.15. The van der Waals surface area contributed by atoms with E-state index in [9.17, 15) is 0 Å². The fourth-order valence-electron chi connectivity index (χ4n) is 2.92. The molecule has 0 fully saturated rings. The molecule has 4 rings (SSSR count). The Morgan fingerprint density at radius 3 is 2.12 bits per heavy atom. The first-order valence-corrected chi connectivity index (χ1v) is 8.40. The lowest BCUT2D eigenvalue weighted by atomic mass is 10.0. The summed E-state index contributed by atoms with van der Waals surface area (Å²) in [6.07, 6.45) is 2.72. The molecule has 0 aliphatic carbocycles. The van der Waals surface area contributed by atoms with Gasteiger partial charge in [-0.15, -0.1) is 0 Å². The third-order valence-corrected chi connectivity index (χ3v) is 4.15. The summed E-state index contributed by atoms with van der Waals surface area (Å²) in [5, 5.41) is 0. The minimum Gasteiger partial charge on any atom is -0.255 e. The van der Waals surface area contributed by atoms with Gasteiger partial charge in [0.15, 0.2) is 0 Å². The number of rotatable bonds is 4. The zero-order valence-electron chi connectivity index (χ0n) is 13.8. The van der Waals surface area contributed by atoms with E-state index in [4.69, 9.17) is 4.98 Å². The minimum absolute atomic E-state index is 0.893. The molecule has 0 unspecified atom stereocenters. The Morgan fingerprint density at radius 1 is 0.560 bits per heavy atom. The van der Waals surface area contributed by atoms with Crippen molar-refractivity contribution in [3.63, 3.8) is 0 Å². The lowest BCUT2D eigenvalue weighted by molar-refractivity contribution is 1.19. The van der Waals surface area contributed by atoms with E-state index in [1.165, 1.54) is 11.1 Å². The van der Waals surface area contributed by atoms with Crippen LogP contribution in [0.15, 0.2) is 97.2 Å². The maximum absolute atomic E-state index is 4.80. The van der Waals surface area contributed by atoms with Gasteiger partial charge in [-0.3, -0.25) is 4.98 Å². The van der Waals surface area contributed by atoms with E-state index in [-0.39, 0.29) is 0 Å². The number of nitrogens with zero attached hydrogens (tertiary/aromatic N) is 2. The van der Waals surface area contributed by atoms with E-state index >= 15 is 0 Å². The third kappa shape index (κ3) is 3.64. The fourth-order valence-corrected chi connectivity index (χ4v) is 2.92. The van der Waals surface area contributed by atoms with Crippen LogP contribution in [0.3, 0.4) is 0 Å². The van der Waals surface area contributed by atoms with Crippen LogP contribution in [0.5, 0.6) is 0 Å². The molecule has 2 heteroatoms. The van der Waals surface area contributed by atoms with Crippen LogP contribution in [0.1, 0.15) is 11.1 Å². The topological polar surface area (TPSA) is 25.8 Å². The molecule has 2 heterocycles. The molecule has 4 aromatic rings. The summed E-state index contributed by atoms with van der Waals surface area (Å²) in [5.74, 6) is 0. The molecule has 2 aromatic carbocycles. The fraction of sp³-hybridized carbons (Fsp3) is 0.0435. The van der Waals surface area contributed by atoms with Gasteiger partial charge in [0.05, 0.1) is 17.1 Å². The molecule has 0 aliphatic heterocycles. The van der Waals surface area contributed by atoms with Crippen molar-refractivity contribution in [1.82, 2.24) is 9.97 Å². The SMILES string of the molecule is c1ccc(Cc2cccc(-c3cccc(-c4ccccn4)n3)c2)cc1. The van der Waals surface area contributed by atoms with Crippen LogP contribution in [0.25, 0.3) is 22.6 Å². The molecule has 120 valence electrons. The summed E-state index contributed by atoms with van der Waals surface area (Å²) in [6, 6.07) is 31.1. The second kappa shape index (κ2) is 7.10. The minimum atomic E-state index is 0.893. The lowest BCUT2D eigenvalue weighted by Crippen LogP contribution is -1.92. The van der Waals surface area contributed by atoms with Crippen LogP contribution in [0.2, 0.25) is 0 Å². The van der Waals surface area contributed by atoms with Crippen molar-refractivity contribution < 1.29 is 0 Å². The average molecular weight is 322 g/mol. The van der Waals surface area contributed by atoms with E-state index < -0.39 is 0 Å². The zero-order chi connectivity index (χ0) is 16.9. The van der Waals surface area contributed by atoms with Gasteiger partial charge >= 0.3 is 0 Å². The molecule has 0 N–H and O–H groups in total. The van der Waals surface area contributed by atoms with Gasteiger partial charge in [0.2, 0.25) is 0 Å². The normalized spacial score (nSPS) is 10.6. The maximum atomic E-state index is 4.80. The van der Waals surface area contributed by atoms with E-state index in [0.29, 0.717) is 0 Å². The number of benzene rings is 2. The van der Waals surface area contributed by atoms with Gasteiger partial charge in [-0.25, -0.2) is 4.98 Å². The van der Waals surface area contributed by atoms with Crippen LogP contribution < -0.4 is 0 Å².